The van der Waals surface area contributed by atoms with Gasteiger partial charge in [-0.1, -0.05) is 0 Å². The van der Waals surface area contributed by atoms with E-state index < -0.39 is 23.3 Å². The second-order valence-corrected chi connectivity index (χ2v) is 6.73. The SMILES string of the molecule is CC(C)(C)OC(=O)N1CCC2(CC1)NC(=O)N(CCN)C2=O. The third-order valence-electron chi connectivity index (χ3n) is 3.87. The van der Waals surface area contributed by atoms with Gasteiger partial charge in [0.15, 0.2) is 0 Å². The Kier molecular flexibility index (Phi) is 4.32. The molecule has 124 valence electrons. The number of carbonyl (C=O) groups excluding carboxylic acids is 3. The Labute approximate surface area is 129 Å². The van der Waals surface area contributed by atoms with Crippen LogP contribution in [-0.2, 0) is 9.53 Å². The zero-order chi connectivity index (χ0) is 16.5. The van der Waals surface area contributed by atoms with Crippen LogP contribution in [0.4, 0.5) is 9.59 Å². The molecule has 2 rings (SSSR count). The molecule has 2 saturated heterocycles. The highest BCUT2D eigenvalue weighted by atomic mass is 16.6. The van der Waals surface area contributed by atoms with Crippen LogP contribution >= 0.6 is 0 Å². The van der Waals surface area contributed by atoms with Crippen molar-refractivity contribution >= 4 is 18.0 Å². The second-order valence-electron chi connectivity index (χ2n) is 6.73. The molecular formula is C14H24N4O4. The van der Waals surface area contributed by atoms with Crippen LogP contribution in [0.3, 0.4) is 0 Å². The molecule has 0 radical (unpaired) electrons. The number of likely N-dealkylation sites (tertiary alicyclic amines) is 1. The summed E-state index contributed by atoms with van der Waals surface area (Å²) in [4.78, 5) is 39.1. The molecule has 1 spiro atoms. The summed E-state index contributed by atoms with van der Waals surface area (Å²) in [5.74, 6) is -0.244. The molecule has 8 nitrogen and oxygen atoms in total. The topological polar surface area (TPSA) is 105 Å². The molecule has 0 aromatic heterocycles. The number of rotatable bonds is 2. The van der Waals surface area contributed by atoms with E-state index in [0.717, 1.165) is 4.90 Å². The molecule has 8 heteroatoms. The highest BCUT2D eigenvalue weighted by molar-refractivity contribution is 6.07. The van der Waals surface area contributed by atoms with Crippen LogP contribution in [0, 0.1) is 0 Å². The quantitative estimate of drug-likeness (QED) is 0.712. The molecule has 0 unspecified atom stereocenters. The minimum Gasteiger partial charge on any atom is -0.444 e. The van der Waals surface area contributed by atoms with E-state index in [0.29, 0.717) is 25.9 Å². The summed E-state index contributed by atoms with van der Waals surface area (Å²) >= 11 is 0. The molecule has 0 aromatic carbocycles. The Morgan fingerprint density at radius 2 is 1.91 bits per heavy atom. The number of imide groups is 1. The van der Waals surface area contributed by atoms with Crippen molar-refractivity contribution in [1.82, 2.24) is 15.1 Å². The number of piperidine rings is 1. The molecule has 0 saturated carbocycles. The Hall–Kier alpha value is -1.83. The molecule has 22 heavy (non-hydrogen) atoms. The standard InChI is InChI=1S/C14H24N4O4/c1-13(2,3)22-12(21)17-7-4-14(5-8-17)10(19)18(9-6-15)11(20)16-14/h4-9,15H2,1-3H3,(H,16,20). The number of hydrogen-bond donors (Lipinski definition) is 2. The molecule has 2 aliphatic heterocycles. The summed E-state index contributed by atoms with van der Waals surface area (Å²) < 4.78 is 5.32. The van der Waals surface area contributed by atoms with Gasteiger partial charge in [-0.3, -0.25) is 9.69 Å². The Balaban J connectivity index is 1.99. The van der Waals surface area contributed by atoms with E-state index >= 15 is 0 Å². The van der Waals surface area contributed by atoms with Gasteiger partial charge in [-0.25, -0.2) is 9.59 Å². The van der Waals surface area contributed by atoms with Crippen molar-refractivity contribution in [3.8, 4) is 0 Å². The van der Waals surface area contributed by atoms with Crippen LogP contribution in [0.15, 0.2) is 0 Å². The van der Waals surface area contributed by atoms with Gasteiger partial charge in [-0.05, 0) is 33.6 Å². The van der Waals surface area contributed by atoms with E-state index in [1.165, 1.54) is 0 Å². The fraction of sp³-hybridized carbons (Fsp3) is 0.786. The summed E-state index contributed by atoms with van der Waals surface area (Å²) in [5.41, 5.74) is 3.98. The minimum absolute atomic E-state index is 0.211. The number of nitrogens with zero attached hydrogens (tertiary/aromatic N) is 2. The van der Waals surface area contributed by atoms with E-state index in [4.69, 9.17) is 10.5 Å². The van der Waals surface area contributed by atoms with Gasteiger partial charge >= 0.3 is 12.1 Å². The third kappa shape index (κ3) is 3.16. The highest BCUT2D eigenvalue weighted by Crippen LogP contribution is 2.29. The van der Waals surface area contributed by atoms with Gasteiger partial charge in [0.2, 0.25) is 0 Å². The number of carbonyl (C=O) groups is 3. The number of hydrogen-bond acceptors (Lipinski definition) is 5. The molecule has 0 atom stereocenters. The maximum absolute atomic E-state index is 12.4. The Morgan fingerprint density at radius 1 is 1.32 bits per heavy atom. The van der Waals surface area contributed by atoms with Gasteiger partial charge in [-0.2, -0.15) is 0 Å². The van der Waals surface area contributed by atoms with Crippen LogP contribution in [0.1, 0.15) is 33.6 Å². The summed E-state index contributed by atoms with van der Waals surface area (Å²) in [6.07, 6.45) is 0.383. The summed E-state index contributed by atoms with van der Waals surface area (Å²) in [7, 11) is 0. The van der Waals surface area contributed by atoms with Crippen molar-refractivity contribution in [2.75, 3.05) is 26.2 Å². The molecule has 4 amide bonds. The maximum atomic E-state index is 12.4. The van der Waals surface area contributed by atoms with Crippen molar-refractivity contribution in [1.29, 1.82) is 0 Å². The molecule has 0 aromatic rings. The van der Waals surface area contributed by atoms with Crippen LogP contribution < -0.4 is 11.1 Å². The first kappa shape index (κ1) is 16.5. The van der Waals surface area contributed by atoms with E-state index in [9.17, 15) is 14.4 Å². The average molecular weight is 312 g/mol. The number of ether oxygens (including phenoxy) is 1. The molecule has 0 aliphatic carbocycles. The van der Waals surface area contributed by atoms with Gasteiger partial charge in [0.1, 0.15) is 11.1 Å². The number of nitrogens with two attached hydrogens (primary N) is 1. The average Bonchev–Trinajstić information content (AvgIpc) is 2.63. The number of amides is 4. The lowest BCUT2D eigenvalue weighted by molar-refractivity contribution is -0.132. The summed E-state index contributed by atoms with van der Waals surface area (Å²) in [6.45, 7) is 6.61. The zero-order valence-corrected chi connectivity index (χ0v) is 13.3. The van der Waals surface area contributed by atoms with Gasteiger partial charge in [0.05, 0.1) is 0 Å². The lowest BCUT2D eigenvalue weighted by Gasteiger charge is -2.37. The van der Waals surface area contributed by atoms with E-state index in [-0.39, 0.29) is 19.0 Å². The van der Waals surface area contributed by atoms with Crippen LogP contribution in [0.5, 0.6) is 0 Å². The monoisotopic (exact) mass is 312 g/mol. The molecular weight excluding hydrogens is 288 g/mol. The zero-order valence-electron chi connectivity index (χ0n) is 13.3. The lowest BCUT2D eigenvalue weighted by Crippen LogP contribution is -2.56. The lowest BCUT2D eigenvalue weighted by atomic mass is 9.87. The number of urea groups is 1. The van der Waals surface area contributed by atoms with Gasteiger partial charge in [0, 0.05) is 26.2 Å². The first-order chi connectivity index (χ1) is 10.2. The fourth-order valence-electron chi connectivity index (χ4n) is 2.74. The summed E-state index contributed by atoms with van der Waals surface area (Å²) in [6, 6.07) is -0.402. The Bertz CT molecular complexity index is 478. The van der Waals surface area contributed by atoms with Crippen molar-refractivity contribution in [2.24, 2.45) is 5.73 Å². The second kappa shape index (κ2) is 5.75. The van der Waals surface area contributed by atoms with Crippen LogP contribution in [-0.4, -0.2) is 65.2 Å². The normalized spacial score (nSPS) is 21.3. The van der Waals surface area contributed by atoms with E-state index in [1.54, 1.807) is 4.90 Å². The Morgan fingerprint density at radius 3 is 2.41 bits per heavy atom. The fourth-order valence-corrected chi connectivity index (χ4v) is 2.74. The molecule has 3 N–H and O–H groups in total. The van der Waals surface area contributed by atoms with Gasteiger partial charge in [0.25, 0.3) is 5.91 Å². The molecule has 2 aliphatic rings. The smallest absolute Gasteiger partial charge is 0.410 e. The van der Waals surface area contributed by atoms with Gasteiger partial charge in [-0.15, -0.1) is 0 Å². The third-order valence-corrected chi connectivity index (χ3v) is 3.87. The minimum atomic E-state index is -0.898. The molecule has 0 bridgehead atoms. The first-order valence-electron chi connectivity index (χ1n) is 7.51. The van der Waals surface area contributed by atoms with Crippen molar-refractivity contribution in [3.63, 3.8) is 0 Å². The van der Waals surface area contributed by atoms with Crippen molar-refractivity contribution in [3.05, 3.63) is 0 Å². The largest absolute Gasteiger partial charge is 0.444 e. The predicted octanol–water partition coefficient (Wildman–Crippen LogP) is 0.267. The predicted molar refractivity (Wildman–Crippen MR) is 79.1 cm³/mol. The molecule has 2 fully saturated rings. The van der Waals surface area contributed by atoms with Crippen LogP contribution in [0.2, 0.25) is 0 Å². The van der Waals surface area contributed by atoms with Gasteiger partial charge < -0.3 is 20.7 Å². The number of nitrogens with one attached hydrogen (secondary N) is 1. The van der Waals surface area contributed by atoms with Crippen molar-refractivity contribution < 1.29 is 19.1 Å². The summed E-state index contributed by atoms with van der Waals surface area (Å²) in [5, 5.41) is 2.76. The first-order valence-corrected chi connectivity index (χ1v) is 7.51. The van der Waals surface area contributed by atoms with Crippen molar-refractivity contribution in [2.45, 2.75) is 44.8 Å². The van der Waals surface area contributed by atoms with E-state index in [1.807, 2.05) is 20.8 Å². The maximum Gasteiger partial charge on any atom is 0.410 e. The molecule has 2 heterocycles. The van der Waals surface area contributed by atoms with Crippen LogP contribution in [0.25, 0.3) is 0 Å². The highest BCUT2D eigenvalue weighted by Gasteiger charge is 2.52. The van der Waals surface area contributed by atoms with E-state index in [2.05, 4.69) is 5.32 Å².